The molecular formula is C28H29F3N4O3. The average Bonchev–Trinajstić information content (AvgIpc) is 3.30. The minimum atomic E-state index is -4.36. The van der Waals surface area contributed by atoms with Crippen molar-refractivity contribution in [2.75, 3.05) is 0 Å². The molecule has 2 aromatic heterocycles. The van der Waals surface area contributed by atoms with Crippen LogP contribution in [0, 0.1) is 5.92 Å². The number of nitrogens with zero attached hydrogens (tertiary/aromatic N) is 3. The van der Waals surface area contributed by atoms with E-state index >= 15 is 0 Å². The summed E-state index contributed by atoms with van der Waals surface area (Å²) in [7, 11) is 0. The Bertz CT molecular complexity index is 1400. The monoisotopic (exact) mass is 526 g/mol. The first kappa shape index (κ1) is 28.4. The largest absolute Gasteiger partial charge is 0.481 e. The molecule has 4 rings (SSSR count). The summed E-state index contributed by atoms with van der Waals surface area (Å²) in [4.78, 5) is 24.9. The summed E-state index contributed by atoms with van der Waals surface area (Å²) in [5.74, 6) is -0.955. The summed E-state index contributed by atoms with van der Waals surface area (Å²) < 4.78 is 40.5. The van der Waals surface area contributed by atoms with Crippen molar-refractivity contribution in [3.05, 3.63) is 83.8 Å². The maximum Gasteiger partial charge on any atom is 0.416 e. The van der Waals surface area contributed by atoms with Gasteiger partial charge in [0.25, 0.3) is 5.91 Å². The second kappa shape index (κ2) is 11.9. The third-order valence-corrected chi connectivity index (χ3v) is 5.86. The van der Waals surface area contributed by atoms with Crippen LogP contribution < -0.4 is 5.73 Å². The quantitative estimate of drug-likeness (QED) is 0.292. The number of pyridine rings is 1. The molecule has 0 aliphatic carbocycles. The minimum absolute atomic E-state index is 0.103. The first-order valence-electron chi connectivity index (χ1n) is 12.0. The van der Waals surface area contributed by atoms with Crippen LogP contribution >= 0.6 is 0 Å². The van der Waals surface area contributed by atoms with Crippen LogP contribution in [0.15, 0.2) is 67.0 Å². The number of carboxylic acids is 1. The topological polar surface area (TPSA) is 111 Å². The molecule has 0 saturated heterocycles. The van der Waals surface area contributed by atoms with Crippen molar-refractivity contribution in [3.8, 4) is 11.1 Å². The lowest BCUT2D eigenvalue weighted by Crippen LogP contribution is -2.17. The SMILES string of the molecule is CC(C)CC(c1ccc(C(N)=O)nc1)n1ncc2cc(-c3ccc(C(F)(F)F)cc3)ccc21.CCC(=O)O. The Labute approximate surface area is 218 Å². The Morgan fingerprint density at radius 1 is 1.00 bits per heavy atom. The van der Waals surface area contributed by atoms with Crippen LogP contribution in [0.25, 0.3) is 22.0 Å². The van der Waals surface area contributed by atoms with E-state index in [0.29, 0.717) is 11.5 Å². The molecule has 4 aromatic rings. The van der Waals surface area contributed by atoms with Crippen LogP contribution in [0.4, 0.5) is 13.2 Å². The molecular weight excluding hydrogens is 497 g/mol. The van der Waals surface area contributed by atoms with E-state index < -0.39 is 23.6 Å². The summed E-state index contributed by atoms with van der Waals surface area (Å²) in [6.45, 7) is 5.83. The van der Waals surface area contributed by atoms with Crippen molar-refractivity contribution in [2.45, 2.75) is 45.8 Å². The number of hydrogen-bond donors (Lipinski definition) is 2. The third kappa shape index (κ3) is 6.96. The lowest BCUT2D eigenvalue weighted by molar-refractivity contribution is -0.138. The highest BCUT2D eigenvalue weighted by Crippen LogP contribution is 2.33. The van der Waals surface area contributed by atoms with E-state index in [9.17, 15) is 22.8 Å². The second-order valence-corrected chi connectivity index (χ2v) is 9.17. The number of aromatic nitrogens is 3. The summed E-state index contributed by atoms with van der Waals surface area (Å²) in [6.07, 6.45) is 0.0628. The van der Waals surface area contributed by atoms with Gasteiger partial charge in [-0.1, -0.05) is 45.0 Å². The van der Waals surface area contributed by atoms with Gasteiger partial charge in [-0.2, -0.15) is 18.3 Å². The van der Waals surface area contributed by atoms with Gasteiger partial charge in [-0.05, 0) is 59.4 Å². The molecule has 1 amide bonds. The molecule has 200 valence electrons. The highest BCUT2D eigenvalue weighted by atomic mass is 19.4. The van der Waals surface area contributed by atoms with Gasteiger partial charge >= 0.3 is 12.1 Å². The van der Waals surface area contributed by atoms with E-state index in [-0.39, 0.29) is 18.2 Å². The third-order valence-electron chi connectivity index (χ3n) is 5.86. The highest BCUT2D eigenvalue weighted by molar-refractivity contribution is 5.90. The Morgan fingerprint density at radius 3 is 2.13 bits per heavy atom. The summed E-state index contributed by atoms with van der Waals surface area (Å²) in [5, 5.41) is 13.2. The number of hydrogen-bond acceptors (Lipinski definition) is 4. The smallest absolute Gasteiger partial charge is 0.416 e. The van der Waals surface area contributed by atoms with E-state index in [1.54, 1.807) is 25.4 Å². The number of carboxylic acid groups (broad SMARTS) is 1. The van der Waals surface area contributed by atoms with Gasteiger partial charge in [0.2, 0.25) is 0 Å². The molecule has 0 spiro atoms. The van der Waals surface area contributed by atoms with Gasteiger partial charge in [0.15, 0.2) is 0 Å². The Morgan fingerprint density at radius 2 is 1.63 bits per heavy atom. The maximum atomic E-state index is 12.9. The molecule has 1 atom stereocenters. The molecule has 2 heterocycles. The number of benzene rings is 2. The van der Waals surface area contributed by atoms with Crippen molar-refractivity contribution in [2.24, 2.45) is 11.7 Å². The van der Waals surface area contributed by atoms with Gasteiger partial charge in [-0.25, -0.2) is 0 Å². The average molecular weight is 527 g/mol. The number of carbonyl (C=O) groups excluding carboxylic acids is 1. The molecule has 2 aromatic carbocycles. The molecule has 1 unspecified atom stereocenters. The van der Waals surface area contributed by atoms with E-state index in [0.717, 1.165) is 40.6 Å². The van der Waals surface area contributed by atoms with Gasteiger partial charge in [-0.15, -0.1) is 0 Å². The van der Waals surface area contributed by atoms with Crippen molar-refractivity contribution >= 4 is 22.8 Å². The zero-order valence-electron chi connectivity index (χ0n) is 21.2. The molecule has 0 saturated carbocycles. The lowest BCUT2D eigenvalue weighted by atomic mass is 9.97. The number of carbonyl (C=O) groups is 2. The van der Waals surface area contributed by atoms with Gasteiger partial charge in [0, 0.05) is 18.0 Å². The first-order chi connectivity index (χ1) is 17.9. The van der Waals surface area contributed by atoms with E-state index in [4.69, 9.17) is 10.8 Å². The van der Waals surface area contributed by atoms with Crippen LogP contribution in [0.1, 0.15) is 61.3 Å². The Kier molecular flexibility index (Phi) is 8.88. The molecule has 0 bridgehead atoms. The Hall–Kier alpha value is -4.21. The number of rotatable bonds is 7. The van der Waals surface area contributed by atoms with Crippen LogP contribution in [0.3, 0.4) is 0 Å². The van der Waals surface area contributed by atoms with E-state index in [1.807, 2.05) is 28.9 Å². The number of fused-ring (bicyclic) bond motifs is 1. The summed E-state index contributed by atoms with van der Waals surface area (Å²) in [6, 6.07) is 14.2. The van der Waals surface area contributed by atoms with Crippen LogP contribution in [-0.2, 0) is 11.0 Å². The van der Waals surface area contributed by atoms with Crippen LogP contribution in [0.2, 0.25) is 0 Å². The number of aliphatic carboxylic acids is 1. The van der Waals surface area contributed by atoms with Crippen LogP contribution in [0.5, 0.6) is 0 Å². The van der Waals surface area contributed by atoms with Crippen molar-refractivity contribution in [1.29, 1.82) is 0 Å². The van der Waals surface area contributed by atoms with Crippen LogP contribution in [-0.4, -0.2) is 31.7 Å². The second-order valence-electron chi connectivity index (χ2n) is 9.17. The number of primary amides is 1. The zero-order chi connectivity index (χ0) is 28.0. The predicted molar refractivity (Wildman–Crippen MR) is 138 cm³/mol. The molecule has 10 heteroatoms. The highest BCUT2D eigenvalue weighted by Gasteiger charge is 2.30. The van der Waals surface area contributed by atoms with Gasteiger partial charge in [-0.3, -0.25) is 19.3 Å². The van der Waals surface area contributed by atoms with Crippen molar-refractivity contribution in [3.63, 3.8) is 0 Å². The molecule has 7 nitrogen and oxygen atoms in total. The minimum Gasteiger partial charge on any atom is -0.481 e. The van der Waals surface area contributed by atoms with Gasteiger partial charge < -0.3 is 10.8 Å². The predicted octanol–water partition coefficient (Wildman–Crippen LogP) is 6.33. The fraction of sp³-hybridized carbons (Fsp3) is 0.286. The Balaban J connectivity index is 0.000000732. The molecule has 0 aliphatic heterocycles. The van der Waals surface area contributed by atoms with Gasteiger partial charge in [0.1, 0.15) is 5.69 Å². The molecule has 0 radical (unpaired) electrons. The fourth-order valence-electron chi connectivity index (χ4n) is 3.90. The molecule has 0 aliphatic rings. The number of amides is 1. The normalized spacial score (nSPS) is 12.2. The number of nitrogens with two attached hydrogens (primary N) is 1. The summed E-state index contributed by atoms with van der Waals surface area (Å²) >= 11 is 0. The van der Waals surface area contributed by atoms with Crippen molar-refractivity contribution in [1.82, 2.24) is 14.8 Å². The standard InChI is InChI=1S/C25H23F3N4O.C3H6O2/c1-15(2)11-23(18-5-9-21(24(29)33)30-13-18)32-22-10-6-17(12-19(22)14-31-32)16-3-7-20(8-4-16)25(26,27)28;1-2-3(4)5/h3-10,12-15,23H,11H2,1-2H3,(H2,29,33);2H2,1H3,(H,4,5). The number of halogens is 3. The van der Waals surface area contributed by atoms with Gasteiger partial charge in [0.05, 0.1) is 23.3 Å². The molecule has 38 heavy (non-hydrogen) atoms. The van der Waals surface area contributed by atoms with E-state index in [1.165, 1.54) is 12.1 Å². The molecule has 3 N–H and O–H groups in total. The van der Waals surface area contributed by atoms with Crippen molar-refractivity contribution < 1.29 is 27.9 Å². The fourth-order valence-corrected chi connectivity index (χ4v) is 3.90. The lowest BCUT2D eigenvalue weighted by Gasteiger charge is -2.21. The summed E-state index contributed by atoms with van der Waals surface area (Å²) in [5.41, 5.74) is 8.15. The van der Waals surface area contributed by atoms with E-state index in [2.05, 4.69) is 23.9 Å². The first-order valence-corrected chi connectivity index (χ1v) is 12.0. The maximum absolute atomic E-state index is 12.9. The zero-order valence-corrected chi connectivity index (χ0v) is 21.2. The molecule has 0 fully saturated rings. The number of alkyl halides is 3.